The molecule has 1 amide bonds. The molecule has 1 saturated heterocycles. The third-order valence-electron chi connectivity index (χ3n) is 3.81. The number of anilines is 2. The molecule has 0 atom stereocenters. The van der Waals surface area contributed by atoms with Gasteiger partial charge in [0.05, 0.1) is 23.6 Å². The normalized spacial score (nSPS) is 14.6. The Morgan fingerprint density at radius 3 is 2.48 bits per heavy atom. The van der Waals surface area contributed by atoms with Gasteiger partial charge in [-0.3, -0.25) is 4.79 Å². The second kappa shape index (κ2) is 6.87. The van der Waals surface area contributed by atoms with Crippen molar-refractivity contribution in [3.8, 4) is 0 Å². The molecule has 2 heterocycles. The third kappa shape index (κ3) is 4.01. The first kappa shape index (κ1) is 17.5. The zero-order chi connectivity index (χ0) is 18.0. The average Bonchev–Trinajstić information content (AvgIpc) is 3.10. The van der Waals surface area contributed by atoms with Crippen LogP contribution in [-0.2, 0) is 6.18 Å². The number of hydrogen-bond donors (Lipinski definition) is 1. The van der Waals surface area contributed by atoms with E-state index in [1.165, 1.54) is 24.5 Å². The highest BCUT2D eigenvalue weighted by Crippen LogP contribution is 2.37. The highest BCUT2D eigenvalue weighted by atomic mass is 35.5. The molecule has 0 spiro atoms. The fourth-order valence-electron chi connectivity index (χ4n) is 2.58. The van der Waals surface area contributed by atoms with E-state index in [1.807, 2.05) is 0 Å². The predicted octanol–water partition coefficient (Wildman–Crippen LogP) is 4.13. The molecule has 5 nitrogen and oxygen atoms in total. The van der Waals surface area contributed by atoms with Crippen molar-refractivity contribution < 1.29 is 18.0 Å². The fourth-order valence-corrected chi connectivity index (χ4v) is 2.76. The number of amides is 1. The maximum atomic E-state index is 13.1. The summed E-state index contributed by atoms with van der Waals surface area (Å²) in [6.45, 7) is 1.36. The number of alkyl halides is 3. The van der Waals surface area contributed by atoms with E-state index < -0.39 is 11.7 Å². The number of rotatable bonds is 3. The lowest BCUT2D eigenvalue weighted by Crippen LogP contribution is -2.28. The van der Waals surface area contributed by atoms with Crippen molar-refractivity contribution in [2.75, 3.05) is 18.4 Å². The number of likely N-dealkylation sites (tertiary alicyclic amines) is 1. The van der Waals surface area contributed by atoms with Crippen LogP contribution in [0.4, 0.5) is 24.7 Å². The van der Waals surface area contributed by atoms with Gasteiger partial charge in [0.25, 0.3) is 5.91 Å². The van der Waals surface area contributed by atoms with Crippen LogP contribution in [0.3, 0.4) is 0 Å². The van der Waals surface area contributed by atoms with Gasteiger partial charge in [0.2, 0.25) is 0 Å². The predicted molar refractivity (Wildman–Crippen MR) is 86.9 cm³/mol. The number of carbonyl (C=O) groups excluding carboxylic acids is 1. The topological polar surface area (TPSA) is 58.1 Å². The van der Waals surface area contributed by atoms with Crippen LogP contribution >= 0.6 is 11.6 Å². The molecular formula is C16H14ClF3N4O. The summed E-state index contributed by atoms with van der Waals surface area (Å²) in [5.41, 5.74) is -0.927. The van der Waals surface area contributed by atoms with Crippen LogP contribution in [0.2, 0.25) is 5.02 Å². The second-order valence-corrected chi connectivity index (χ2v) is 6.04. The molecule has 3 rings (SSSR count). The minimum absolute atomic E-state index is 0.0180. The fraction of sp³-hybridized carbons (Fsp3) is 0.312. The molecule has 1 aromatic heterocycles. The van der Waals surface area contributed by atoms with E-state index in [-0.39, 0.29) is 28.1 Å². The molecule has 0 aliphatic carbocycles. The van der Waals surface area contributed by atoms with E-state index in [0.717, 1.165) is 18.9 Å². The Hall–Kier alpha value is -2.35. The first-order valence-corrected chi connectivity index (χ1v) is 7.97. The van der Waals surface area contributed by atoms with Crippen molar-refractivity contribution in [1.29, 1.82) is 0 Å². The van der Waals surface area contributed by atoms with Gasteiger partial charge < -0.3 is 10.2 Å². The minimum Gasteiger partial charge on any atom is -0.338 e. The molecule has 25 heavy (non-hydrogen) atoms. The average molecular weight is 371 g/mol. The van der Waals surface area contributed by atoms with Crippen LogP contribution in [0.25, 0.3) is 0 Å². The zero-order valence-corrected chi connectivity index (χ0v) is 13.7. The van der Waals surface area contributed by atoms with Crippen LogP contribution < -0.4 is 5.32 Å². The molecule has 0 radical (unpaired) electrons. The van der Waals surface area contributed by atoms with Gasteiger partial charge in [-0.15, -0.1) is 0 Å². The molecule has 0 bridgehead atoms. The van der Waals surface area contributed by atoms with E-state index in [9.17, 15) is 18.0 Å². The van der Waals surface area contributed by atoms with Crippen molar-refractivity contribution in [1.82, 2.24) is 14.9 Å². The number of halogens is 4. The molecular weight excluding hydrogens is 357 g/mol. The Morgan fingerprint density at radius 2 is 1.88 bits per heavy atom. The summed E-state index contributed by atoms with van der Waals surface area (Å²) >= 11 is 5.65. The lowest BCUT2D eigenvalue weighted by Gasteiger charge is -2.15. The molecule has 0 unspecified atom stereocenters. The van der Waals surface area contributed by atoms with E-state index in [0.29, 0.717) is 13.1 Å². The Balaban J connectivity index is 1.79. The molecule has 1 aliphatic rings. The molecule has 2 aromatic rings. The van der Waals surface area contributed by atoms with E-state index in [1.54, 1.807) is 4.90 Å². The summed E-state index contributed by atoms with van der Waals surface area (Å²) in [7, 11) is 0. The third-order valence-corrected chi connectivity index (χ3v) is 4.05. The smallest absolute Gasteiger partial charge is 0.338 e. The van der Waals surface area contributed by atoms with Crippen molar-refractivity contribution >= 4 is 29.0 Å². The number of nitrogens with zero attached hydrogens (tertiary/aromatic N) is 3. The summed E-state index contributed by atoms with van der Waals surface area (Å²) in [5.74, 6) is -0.121. The highest BCUT2D eigenvalue weighted by Gasteiger charge is 2.34. The zero-order valence-electron chi connectivity index (χ0n) is 13.0. The summed E-state index contributed by atoms with van der Waals surface area (Å²) in [6.07, 6.45) is -0.165. The molecule has 1 aromatic carbocycles. The van der Waals surface area contributed by atoms with Gasteiger partial charge in [-0.2, -0.15) is 13.2 Å². The number of hydrogen-bond acceptors (Lipinski definition) is 4. The van der Waals surface area contributed by atoms with E-state index >= 15 is 0 Å². The van der Waals surface area contributed by atoms with Crippen LogP contribution in [0.15, 0.2) is 30.6 Å². The van der Waals surface area contributed by atoms with Gasteiger partial charge >= 0.3 is 6.18 Å². The van der Waals surface area contributed by atoms with Gasteiger partial charge in [-0.1, -0.05) is 11.6 Å². The van der Waals surface area contributed by atoms with Gasteiger partial charge in [-0.05, 0) is 31.0 Å². The second-order valence-electron chi connectivity index (χ2n) is 5.60. The van der Waals surface area contributed by atoms with Crippen LogP contribution in [0.5, 0.6) is 0 Å². The van der Waals surface area contributed by atoms with Gasteiger partial charge in [0.15, 0.2) is 0 Å². The van der Waals surface area contributed by atoms with Crippen molar-refractivity contribution in [3.63, 3.8) is 0 Å². The Morgan fingerprint density at radius 1 is 1.16 bits per heavy atom. The summed E-state index contributed by atoms with van der Waals surface area (Å²) in [4.78, 5) is 21.9. The van der Waals surface area contributed by atoms with Gasteiger partial charge in [-0.25, -0.2) is 9.97 Å². The Labute approximate surface area is 146 Å². The first-order chi connectivity index (χ1) is 11.8. The lowest BCUT2D eigenvalue weighted by molar-refractivity contribution is -0.136. The first-order valence-electron chi connectivity index (χ1n) is 7.60. The summed E-state index contributed by atoms with van der Waals surface area (Å²) in [6, 6.07) is 3.40. The lowest BCUT2D eigenvalue weighted by atomic mass is 10.1. The van der Waals surface area contributed by atoms with Crippen molar-refractivity contribution in [2.24, 2.45) is 0 Å². The maximum Gasteiger partial charge on any atom is 0.418 e. The standard InChI is InChI=1S/C16H14ClF3N4O/c17-10-3-4-12(11(7-10)16(18,19)20)23-14-9-21-13(8-22-14)15(25)24-5-1-2-6-24/h3-4,7-9H,1-2,5-6H2,(H,22,23). The molecule has 1 aliphatic heterocycles. The van der Waals surface area contributed by atoms with Gasteiger partial charge in [0, 0.05) is 18.1 Å². The molecule has 0 saturated carbocycles. The molecule has 1 fully saturated rings. The molecule has 1 N–H and O–H groups in total. The van der Waals surface area contributed by atoms with Crippen LogP contribution in [0, 0.1) is 0 Å². The van der Waals surface area contributed by atoms with E-state index in [2.05, 4.69) is 15.3 Å². The van der Waals surface area contributed by atoms with Crippen LogP contribution in [-0.4, -0.2) is 33.9 Å². The van der Waals surface area contributed by atoms with Crippen molar-refractivity contribution in [2.45, 2.75) is 19.0 Å². The number of benzene rings is 1. The minimum atomic E-state index is -4.56. The molecule has 9 heteroatoms. The number of nitrogens with one attached hydrogen (secondary N) is 1. The summed E-state index contributed by atoms with van der Waals surface area (Å²) in [5, 5.41) is 2.55. The largest absolute Gasteiger partial charge is 0.418 e. The van der Waals surface area contributed by atoms with E-state index in [4.69, 9.17) is 11.6 Å². The Kier molecular flexibility index (Phi) is 4.80. The van der Waals surface area contributed by atoms with Crippen molar-refractivity contribution in [3.05, 3.63) is 46.9 Å². The van der Waals surface area contributed by atoms with Crippen LogP contribution in [0.1, 0.15) is 28.9 Å². The SMILES string of the molecule is O=C(c1cnc(Nc2ccc(Cl)cc2C(F)(F)F)cn1)N1CCCC1. The number of carbonyl (C=O) groups is 1. The maximum absolute atomic E-state index is 13.1. The number of aromatic nitrogens is 2. The highest BCUT2D eigenvalue weighted by molar-refractivity contribution is 6.30. The van der Waals surface area contributed by atoms with Gasteiger partial charge in [0.1, 0.15) is 11.5 Å². The monoisotopic (exact) mass is 370 g/mol. The summed E-state index contributed by atoms with van der Waals surface area (Å²) < 4.78 is 39.3. The molecule has 132 valence electrons. The Bertz CT molecular complexity index is 774. The quantitative estimate of drug-likeness (QED) is 0.882.